The number of nitro benzene ring substituents is 1. The van der Waals surface area contributed by atoms with Crippen LogP contribution in [0, 0.1) is 27.0 Å². The molecular weight excluding hydrogens is 462 g/mol. The minimum Gasteiger partial charge on any atom is -0.393 e. The number of fused-ring (bicyclic) bond motifs is 1. The van der Waals surface area contributed by atoms with Crippen LogP contribution in [0.2, 0.25) is 0 Å². The van der Waals surface area contributed by atoms with Crippen LogP contribution in [-0.2, 0) is 0 Å². The summed E-state index contributed by atoms with van der Waals surface area (Å²) in [6, 6.07) is 5.53. The van der Waals surface area contributed by atoms with Crippen molar-refractivity contribution in [2.45, 2.75) is 0 Å². The lowest BCUT2D eigenvalue weighted by atomic mass is 10.2. The molecule has 1 heterocycles. The van der Waals surface area contributed by atoms with Crippen LogP contribution < -0.4 is 10.6 Å². The molecule has 3 rings (SSSR count). The average Bonchev–Trinajstić information content (AvgIpc) is 2.89. The normalized spacial score (nSPS) is 10.3. The zero-order valence-corrected chi connectivity index (χ0v) is 14.5. The van der Waals surface area contributed by atoms with Gasteiger partial charge in [0.05, 0.1) is 13.9 Å². The van der Waals surface area contributed by atoms with Crippen LogP contribution in [0.3, 0.4) is 0 Å². The lowest BCUT2D eigenvalue weighted by molar-refractivity contribution is -0.782. The largest absolute Gasteiger partial charge is 0.393 e. The average molecular weight is 468 g/mol. The fourth-order valence-electron chi connectivity index (χ4n) is 1.64. The Morgan fingerprint density at radius 1 is 1.17 bits per heavy atom. The van der Waals surface area contributed by atoms with Crippen molar-refractivity contribution in [2.24, 2.45) is 0 Å². The highest BCUT2D eigenvalue weighted by atomic mass is 79.9. The Morgan fingerprint density at radius 2 is 1.75 bits per heavy atom. The topological polar surface area (TPSA) is 122 Å². The van der Waals surface area contributed by atoms with Crippen LogP contribution in [-0.4, -0.2) is 10.1 Å². The summed E-state index contributed by atoms with van der Waals surface area (Å²) in [6.45, 7) is 0. The van der Waals surface area contributed by atoms with Crippen molar-refractivity contribution in [1.82, 2.24) is 5.16 Å². The van der Waals surface area contributed by atoms with E-state index in [1.54, 1.807) is 0 Å². The third kappa shape index (κ3) is 3.43. The lowest BCUT2D eigenvalue weighted by Gasteiger charge is -1.98. The van der Waals surface area contributed by atoms with E-state index in [1.807, 2.05) is 0 Å². The monoisotopic (exact) mass is 466 g/mol. The van der Waals surface area contributed by atoms with Crippen molar-refractivity contribution in [1.29, 1.82) is 0 Å². The first-order chi connectivity index (χ1) is 11.2. The van der Waals surface area contributed by atoms with Gasteiger partial charge in [-0.25, -0.2) is 4.39 Å². The molecule has 0 radical (unpaired) electrons. The fraction of sp³-hybridized carbons (Fsp3) is 0. The molecule has 0 aliphatic carbocycles. The van der Waals surface area contributed by atoms with E-state index in [4.69, 9.17) is 5.73 Å². The number of anilines is 1. The highest BCUT2D eigenvalue weighted by molar-refractivity contribution is 9.10. The van der Waals surface area contributed by atoms with Crippen molar-refractivity contribution >= 4 is 54.3 Å². The second kappa shape index (κ2) is 7.05. The predicted octanol–water partition coefficient (Wildman–Crippen LogP) is 3.44. The van der Waals surface area contributed by atoms with E-state index in [0.29, 0.717) is 0 Å². The van der Waals surface area contributed by atoms with Crippen LogP contribution in [0.1, 0.15) is 0 Å². The predicted molar refractivity (Wildman–Crippen MR) is 85.8 cm³/mol. The fourth-order valence-corrected chi connectivity index (χ4v) is 2.28. The molecule has 0 aliphatic rings. The maximum Gasteiger partial charge on any atom is 0.328 e. The summed E-state index contributed by atoms with van der Waals surface area (Å²) >= 11 is 5.75. The van der Waals surface area contributed by atoms with E-state index in [-0.39, 0.29) is 30.6 Å². The lowest BCUT2D eigenvalue weighted by Crippen LogP contribution is -2.23. The van der Waals surface area contributed by atoms with Gasteiger partial charge in [-0.1, -0.05) is 0 Å². The van der Waals surface area contributed by atoms with Gasteiger partial charge in [-0.15, -0.1) is 0 Å². The third-order valence-electron chi connectivity index (χ3n) is 2.73. The van der Waals surface area contributed by atoms with Crippen molar-refractivity contribution in [2.75, 3.05) is 5.73 Å². The Bertz CT molecular complexity index is 935. The van der Waals surface area contributed by atoms with Crippen LogP contribution in [0.4, 0.5) is 20.2 Å². The van der Waals surface area contributed by atoms with Gasteiger partial charge >= 0.3 is 5.69 Å². The van der Waals surface area contributed by atoms with Gasteiger partial charge in [0.2, 0.25) is 5.82 Å². The zero-order valence-electron chi connectivity index (χ0n) is 11.4. The first kappa shape index (κ1) is 18.0. The Morgan fingerprint density at radius 3 is 2.33 bits per heavy atom. The van der Waals surface area contributed by atoms with Gasteiger partial charge in [0.25, 0.3) is 11.0 Å². The number of aromatic nitrogens is 2. The molecule has 0 fully saturated rings. The van der Waals surface area contributed by atoms with Crippen molar-refractivity contribution in [3.8, 4) is 0 Å². The van der Waals surface area contributed by atoms with Gasteiger partial charge < -0.3 is 10.9 Å². The molecule has 0 saturated carbocycles. The first-order valence-electron chi connectivity index (χ1n) is 5.95. The second-order valence-electron chi connectivity index (χ2n) is 4.22. The molecule has 0 unspecified atom stereocenters. The van der Waals surface area contributed by atoms with Crippen LogP contribution in [0.15, 0.2) is 37.8 Å². The molecule has 0 spiro atoms. The van der Waals surface area contributed by atoms with Gasteiger partial charge in [-0.3, -0.25) is 14.7 Å². The van der Waals surface area contributed by atoms with E-state index >= 15 is 0 Å². The maximum atomic E-state index is 13.1. The number of rotatable bonds is 1. The van der Waals surface area contributed by atoms with E-state index in [0.717, 1.165) is 0 Å². The third-order valence-corrected chi connectivity index (χ3v) is 3.95. The van der Waals surface area contributed by atoms with E-state index in [9.17, 15) is 24.1 Å². The number of hydrogen-bond acceptors (Lipinski definition) is 6. The highest BCUT2D eigenvalue weighted by Gasteiger charge is 2.20. The van der Waals surface area contributed by atoms with Crippen molar-refractivity contribution in [3.05, 3.63) is 60.2 Å². The number of nitrogens with two attached hydrogens (primary N) is 1. The van der Waals surface area contributed by atoms with Gasteiger partial charge in [0.1, 0.15) is 5.69 Å². The Balaban J connectivity index is 0.000000174. The number of halogens is 4. The van der Waals surface area contributed by atoms with Gasteiger partial charge in [-0.2, -0.15) is 4.39 Å². The standard InChI is InChI=1S/C6H2BrFN2O2.C6H4BrFN2O2/c7-3-1-2-4-6(5(3)8)10(11)12-9-4;7-3-1-2-4(9)6(5(3)8)10(11)12/h1-2H;1-2H,9H2. The molecule has 8 nitrogen and oxygen atoms in total. The summed E-state index contributed by atoms with van der Waals surface area (Å²) in [6.07, 6.45) is 0. The highest BCUT2D eigenvalue weighted by Crippen LogP contribution is 2.30. The van der Waals surface area contributed by atoms with Gasteiger partial charge in [0.15, 0.2) is 5.82 Å². The summed E-state index contributed by atoms with van der Waals surface area (Å²) in [5.41, 5.74) is 4.33. The van der Waals surface area contributed by atoms with Crippen LogP contribution in [0.25, 0.3) is 11.0 Å². The SMILES string of the molecule is Nc1ccc(Br)c(F)c1[N+](=O)[O-].[O-][n+]1onc2ccc(Br)c(F)c21. The minimum atomic E-state index is -0.944. The number of nitrogens with zero attached hydrogens (tertiary/aromatic N) is 3. The summed E-state index contributed by atoms with van der Waals surface area (Å²) in [4.78, 5) is 9.44. The second-order valence-corrected chi connectivity index (χ2v) is 5.92. The van der Waals surface area contributed by atoms with Crippen molar-refractivity contribution in [3.63, 3.8) is 0 Å². The molecule has 2 aromatic carbocycles. The Labute approximate surface area is 148 Å². The summed E-state index contributed by atoms with van der Waals surface area (Å²) in [5.74, 6) is -1.61. The molecule has 0 atom stereocenters. The first-order valence-corrected chi connectivity index (χ1v) is 7.54. The van der Waals surface area contributed by atoms with Crippen LogP contribution >= 0.6 is 31.9 Å². The smallest absolute Gasteiger partial charge is 0.328 e. The molecule has 3 aromatic rings. The molecule has 12 heteroatoms. The zero-order chi connectivity index (χ0) is 18.0. The molecule has 24 heavy (non-hydrogen) atoms. The molecule has 1 aromatic heterocycles. The quantitative estimate of drug-likeness (QED) is 0.253. The molecule has 0 bridgehead atoms. The molecule has 0 aliphatic heterocycles. The molecular formula is C12H6Br2F2N4O4. The number of hydrogen-bond donors (Lipinski definition) is 1. The Kier molecular flexibility index (Phi) is 5.29. The molecule has 0 saturated heterocycles. The van der Waals surface area contributed by atoms with E-state index < -0.39 is 22.2 Å². The van der Waals surface area contributed by atoms with Gasteiger partial charge in [0, 0.05) is 5.16 Å². The molecule has 2 N–H and O–H groups in total. The van der Waals surface area contributed by atoms with Crippen LogP contribution in [0.5, 0.6) is 0 Å². The van der Waals surface area contributed by atoms with Crippen molar-refractivity contribution < 1.29 is 23.2 Å². The van der Waals surface area contributed by atoms with Gasteiger partial charge in [-0.05, 0) is 61.0 Å². The Hall–Kier alpha value is -2.34. The summed E-state index contributed by atoms with van der Waals surface area (Å²) < 4.78 is 30.5. The number of nitrogen functional groups attached to an aromatic ring is 1. The number of benzene rings is 2. The minimum absolute atomic E-state index is 0.0309. The summed E-state index contributed by atoms with van der Waals surface area (Å²) in [7, 11) is 0. The summed E-state index contributed by atoms with van der Waals surface area (Å²) in [5, 5.41) is 24.4. The molecule has 126 valence electrons. The van der Waals surface area contributed by atoms with E-state index in [2.05, 4.69) is 41.6 Å². The molecule has 0 amide bonds. The number of nitro groups is 1. The van der Waals surface area contributed by atoms with E-state index in [1.165, 1.54) is 24.3 Å². The maximum absolute atomic E-state index is 13.1.